The Morgan fingerprint density at radius 2 is 1.52 bits per heavy atom. The highest BCUT2D eigenvalue weighted by atomic mass is 16.2. The Labute approximate surface area is 170 Å². The molecular weight excluding hydrogens is 364 g/mol. The summed E-state index contributed by atoms with van der Waals surface area (Å²) in [5, 5.41) is 5.62. The SMILES string of the molecule is CC(C)NC(=O)c1cccc(C(=O)NCc2cccc(-c3cccc(N)c3)c2)n1. The van der Waals surface area contributed by atoms with Gasteiger partial charge in [-0.1, -0.05) is 36.4 Å². The maximum absolute atomic E-state index is 12.5. The largest absolute Gasteiger partial charge is 0.399 e. The minimum atomic E-state index is -0.335. The zero-order valence-corrected chi connectivity index (χ0v) is 16.5. The van der Waals surface area contributed by atoms with Gasteiger partial charge in [0.15, 0.2) is 0 Å². The number of nitrogens with zero attached hydrogens (tertiary/aromatic N) is 1. The second-order valence-corrected chi connectivity index (χ2v) is 7.04. The first kappa shape index (κ1) is 20.1. The van der Waals surface area contributed by atoms with Gasteiger partial charge in [0.25, 0.3) is 11.8 Å². The van der Waals surface area contributed by atoms with Crippen LogP contribution >= 0.6 is 0 Å². The number of aromatic nitrogens is 1. The van der Waals surface area contributed by atoms with Crippen LogP contribution in [-0.2, 0) is 6.54 Å². The molecule has 0 fully saturated rings. The summed E-state index contributed by atoms with van der Waals surface area (Å²) in [6.45, 7) is 4.08. The second kappa shape index (κ2) is 9.01. The summed E-state index contributed by atoms with van der Waals surface area (Å²) in [5.74, 6) is -0.636. The highest BCUT2D eigenvalue weighted by molar-refractivity contribution is 5.96. The van der Waals surface area contributed by atoms with Gasteiger partial charge in [0, 0.05) is 18.3 Å². The molecule has 0 saturated carbocycles. The Morgan fingerprint density at radius 3 is 2.21 bits per heavy atom. The Bertz CT molecular complexity index is 1030. The molecule has 3 rings (SSSR count). The highest BCUT2D eigenvalue weighted by Gasteiger charge is 2.13. The second-order valence-electron chi connectivity index (χ2n) is 7.04. The van der Waals surface area contributed by atoms with Crippen LogP contribution in [-0.4, -0.2) is 22.8 Å². The number of anilines is 1. The molecule has 29 heavy (non-hydrogen) atoms. The molecule has 0 saturated heterocycles. The van der Waals surface area contributed by atoms with Crippen molar-refractivity contribution in [1.29, 1.82) is 0 Å². The molecule has 0 aliphatic rings. The third-order valence-electron chi connectivity index (χ3n) is 4.23. The summed E-state index contributed by atoms with van der Waals surface area (Å²) < 4.78 is 0. The summed E-state index contributed by atoms with van der Waals surface area (Å²) in [7, 11) is 0. The van der Waals surface area contributed by atoms with E-state index >= 15 is 0 Å². The van der Waals surface area contributed by atoms with Gasteiger partial charge in [-0.3, -0.25) is 9.59 Å². The van der Waals surface area contributed by atoms with E-state index in [4.69, 9.17) is 5.73 Å². The van der Waals surface area contributed by atoms with Crippen molar-refractivity contribution in [2.24, 2.45) is 0 Å². The summed E-state index contributed by atoms with van der Waals surface area (Å²) >= 11 is 0. The average Bonchev–Trinajstić information content (AvgIpc) is 2.72. The molecule has 4 N–H and O–H groups in total. The summed E-state index contributed by atoms with van der Waals surface area (Å²) in [6, 6.07) is 20.4. The Balaban J connectivity index is 1.68. The lowest BCUT2D eigenvalue weighted by molar-refractivity contribution is 0.0936. The van der Waals surface area contributed by atoms with Gasteiger partial charge < -0.3 is 16.4 Å². The molecule has 0 aliphatic heterocycles. The van der Waals surface area contributed by atoms with Gasteiger partial charge in [0.05, 0.1) is 0 Å². The van der Waals surface area contributed by atoms with Gasteiger partial charge >= 0.3 is 0 Å². The van der Waals surface area contributed by atoms with Crippen LogP contribution < -0.4 is 16.4 Å². The fraction of sp³-hybridized carbons (Fsp3) is 0.174. The number of nitrogens with two attached hydrogens (primary N) is 1. The number of carbonyl (C=O) groups is 2. The van der Waals surface area contributed by atoms with E-state index in [0.717, 1.165) is 16.7 Å². The standard InChI is InChI=1S/C23H24N4O2/c1-15(2)26-23(29)21-11-5-10-20(27-21)22(28)25-14-16-6-3-7-17(12-16)18-8-4-9-19(24)13-18/h3-13,15H,14,24H2,1-2H3,(H,25,28)(H,26,29). The first-order valence-electron chi connectivity index (χ1n) is 9.43. The van der Waals surface area contributed by atoms with Crippen molar-refractivity contribution >= 4 is 17.5 Å². The van der Waals surface area contributed by atoms with Crippen LogP contribution in [0.2, 0.25) is 0 Å². The number of nitrogen functional groups attached to an aromatic ring is 1. The number of hydrogen-bond acceptors (Lipinski definition) is 4. The molecule has 0 bridgehead atoms. The third kappa shape index (κ3) is 5.42. The van der Waals surface area contributed by atoms with E-state index in [2.05, 4.69) is 15.6 Å². The van der Waals surface area contributed by atoms with Crippen LogP contribution in [0, 0.1) is 0 Å². The summed E-state index contributed by atoms with van der Waals surface area (Å²) in [6.07, 6.45) is 0. The van der Waals surface area contributed by atoms with Crippen LogP contribution in [0.1, 0.15) is 40.4 Å². The number of carbonyl (C=O) groups excluding carboxylic acids is 2. The molecule has 0 spiro atoms. The predicted molar refractivity (Wildman–Crippen MR) is 114 cm³/mol. The van der Waals surface area contributed by atoms with Crippen molar-refractivity contribution in [2.45, 2.75) is 26.4 Å². The van der Waals surface area contributed by atoms with Gasteiger partial charge in [-0.25, -0.2) is 4.98 Å². The molecule has 1 aromatic heterocycles. The minimum Gasteiger partial charge on any atom is -0.399 e. The van der Waals surface area contributed by atoms with Crippen LogP contribution in [0.15, 0.2) is 66.7 Å². The lowest BCUT2D eigenvalue weighted by atomic mass is 10.0. The number of benzene rings is 2. The number of amides is 2. The van der Waals surface area contributed by atoms with Gasteiger partial charge in [-0.2, -0.15) is 0 Å². The molecule has 0 unspecified atom stereocenters. The molecule has 148 valence electrons. The lowest BCUT2D eigenvalue weighted by Gasteiger charge is -2.10. The van der Waals surface area contributed by atoms with Crippen molar-refractivity contribution < 1.29 is 9.59 Å². The van der Waals surface area contributed by atoms with Crippen LogP contribution in [0.4, 0.5) is 5.69 Å². The molecule has 0 aliphatic carbocycles. The quantitative estimate of drug-likeness (QED) is 0.564. The van der Waals surface area contributed by atoms with Gasteiger partial charge in [0.2, 0.25) is 0 Å². The molecule has 6 heteroatoms. The zero-order chi connectivity index (χ0) is 20.8. The van der Waals surface area contributed by atoms with E-state index in [1.807, 2.05) is 62.4 Å². The van der Waals surface area contributed by atoms with Crippen molar-refractivity contribution in [2.75, 3.05) is 5.73 Å². The van der Waals surface area contributed by atoms with Crippen molar-refractivity contribution in [3.05, 3.63) is 83.7 Å². The fourth-order valence-electron chi connectivity index (χ4n) is 2.88. The minimum absolute atomic E-state index is 0.00553. The van der Waals surface area contributed by atoms with Crippen LogP contribution in [0.3, 0.4) is 0 Å². The first-order chi connectivity index (χ1) is 13.9. The predicted octanol–water partition coefficient (Wildman–Crippen LogP) is 3.40. The highest BCUT2D eigenvalue weighted by Crippen LogP contribution is 2.22. The van der Waals surface area contributed by atoms with E-state index in [1.165, 1.54) is 0 Å². The Kier molecular flexibility index (Phi) is 6.24. The van der Waals surface area contributed by atoms with Gasteiger partial charge in [-0.05, 0) is 60.9 Å². The number of rotatable bonds is 6. The third-order valence-corrected chi connectivity index (χ3v) is 4.23. The monoisotopic (exact) mass is 388 g/mol. The molecule has 6 nitrogen and oxygen atoms in total. The number of nitrogens with one attached hydrogen (secondary N) is 2. The first-order valence-corrected chi connectivity index (χ1v) is 9.43. The maximum Gasteiger partial charge on any atom is 0.270 e. The van der Waals surface area contributed by atoms with Gasteiger partial charge in [0.1, 0.15) is 11.4 Å². The maximum atomic E-state index is 12.5. The van der Waals surface area contributed by atoms with Crippen molar-refractivity contribution in [3.63, 3.8) is 0 Å². The zero-order valence-electron chi connectivity index (χ0n) is 16.5. The van der Waals surface area contributed by atoms with Crippen LogP contribution in [0.25, 0.3) is 11.1 Å². The molecule has 2 amide bonds. The Hall–Kier alpha value is -3.67. The topological polar surface area (TPSA) is 97.1 Å². The summed E-state index contributed by atoms with van der Waals surface area (Å²) in [5.41, 5.74) is 9.98. The van der Waals surface area contributed by atoms with Crippen LogP contribution in [0.5, 0.6) is 0 Å². The molecule has 1 heterocycles. The number of pyridine rings is 1. The smallest absolute Gasteiger partial charge is 0.270 e. The summed E-state index contributed by atoms with van der Waals surface area (Å²) in [4.78, 5) is 28.8. The number of hydrogen-bond donors (Lipinski definition) is 3. The van der Waals surface area contributed by atoms with Gasteiger partial charge in [-0.15, -0.1) is 0 Å². The van der Waals surface area contributed by atoms with E-state index in [0.29, 0.717) is 12.2 Å². The van der Waals surface area contributed by atoms with E-state index in [9.17, 15) is 9.59 Å². The molecule has 3 aromatic rings. The average molecular weight is 388 g/mol. The van der Waals surface area contributed by atoms with Crippen molar-refractivity contribution in [1.82, 2.24) is 15.6 Å². The van der Waals surface area contributed by atoms with E-state index in [-0.39, 0.29) is 29.2 Å². The van der Waals surface area contributed by atoms with Crippen molar-refractivity contribution in [3.8, 4) is 11.1 Å². The lowest BCUT2D eigenvalue weighted by Crippen LogP contribution is -2.31. The molecular formula is C23H24N4O2. The fourth-order valence-corrected chi connectivity index (χ4v) is 2.88. The normalized spacial score (nSPS) is 10.6. The molecule has 2 aromatic carbocycles. The van der Waals surface area contributed by atoms with E-state index < -0.39 is 0 Å². The molecule has 0 atom stereocenters. The Morgan fingerprint density at radius 1 is 0.897 bits per heavy atom. The molecule has 0 radical (unpaired) electrons. The van der Waals surface area contributed by atoms with E-state index in [1.54, 1.807) is 18.2 Å².